The lowest BCUT2D eigenvalue weighted by Crippen LogP contribution is -2.26. The molecule has 1 atom stereocenters. The average molecular weight is 293 g/mol. The van der Waals surface area contributed by atoms with E-state index in [0.29, 0.717) is 13.2 Å². The fourth-order valence-electron chi connectivity index (χ4n) is 2.39. The van der Waals surface area contributed by atoms with Gasteiger partial charge in [0.25, 0.3) is 0 Å². The monoisotopic (exact) mass is 293 g/mol. The second-order valence-corrected chi connectivity index (χ2v) is 5.22. The van der Waals surface area contributed by atoms with Gasteiger partial charge >= 0.3 is 0 Å². The van der Waals surface area contributed by atoms with Crippen LogP contribution >= 0.6 is 0 Å². The van der Waals surface area contributed by atoms with Crippen molar-refractivity contribution < 1.29 is 9.47 Å². The van der Waals surface area contributed by atoms with E-state index in [4.69, 9.17) is 9.47 Å². The maximum absolute atomic E-state index is 5.86. The van der Waals surface area contributed by atoms with Gasteiger partial charge in [0.15, 0.2) is 0 Å². The number of rotatable bonds is 12. The Morgan fingerprint density at radius 2 is 1.86 bits per heavy atom. The first-order valence-electron chi connectivity index (χ1n) is 8.36. The first kappa shape index (κ1) is 18.0. The van der Waals surface area contributed by atoms with E-state index in [1.54, 1.807) is 0 Å². The maximum atomic E-state index is 5.86. The lowest BCUT2D eigenvalue weighted by molar-refractivity contribution is 0.107. The van der Waals surface area contributed by atoms with Crippen LogP contribution < -0.4 is 10.1 Å². The Labute approximate surface area is 130 Å². The second kappa shape index (κ2) is 11.6. The van der Waals surface area contributed by atoms with Crippen LogP contribution in [-0.4, -0.2) is 26.4 Å². The quantitative estimate of drug-likeness (QED) is 0.582. The molecule has 120 valence electrons. The number of hydrogen-bond acceptors (Lipinski definition) is 3. The zero-order valence-electron chi connectivity index (χ0n) is 13.9. The summed E-state index contributed by atoms with van der Waals surface area (Å²) in [5.74, 6) is 0.959. The van der Waals surface area contributed by atoms with Gasteiger partial charge in [-0.25, -0.2) is 0 Å². The smallest absolute Gasteiger partial charge is 0.124 e. The average Bonchev–Trinajstić information content (AvgIpc) is 2.51. The summed E-state index contributed by atoms with van der Waals surface area (Å²) in [4.78, 5) is 0. The molecule has 0 bridgehead atoms. The van der Waals surface area contributed by atoms with Gasteiger partial charge in [0, 0.05) is 12.2 Å². The van der Waals surface area contributed by atoms with Gasteiger partial charge in [0.1, 0.15) is 5.75 Å². The molecule has 3 heteroatoms. The van der Waals surface area contributed by atoms with E-state index in [2.05, 4.69) is 31.3 Å². The molecule has 0 radical (unpaired) electrons. The molecule has 0 fully saturated rings. The third kappa shape index (κ3) is 6.96. The number of unbranched alkanes of at least 4 members (excludes halogenated alkanes) is 3. The van der Waals surface area contributed by atoms with Crippen molar-refractivity contribution in [3.8, 4) is 5.75 Å². The van der Waals surface area contributed by atoms with Crippen LogP contribution in [0.2, 0.25) is 0 Å². The van der Waals surface area contributed by atoms with Crippen molar-refractivity contribution >= 4 is 0 Å². The number of benzene rings is 1. The highest BCUT2D eigenvalue weighted by molar-refractivity contribution is 5.36. The van der Waals surface area contributed by atoms with Crippen LogP contribution in [0.3, 0.4) is 0 Å². The molecule has 0 heterocycles. The number of ether oxygens (including phenoxy) is 2. The standard InChI is InChI=1S/C18H31NO2/c1-4-7-8-11-14-20-15-17(19-5-2)16-12-9-10-13-18(16)21-6-3/h9-10,12-13,17,19H,4-8,11,14-15H2,1-3H3. The van der Waals surface area contributed by atoms with E-state index in [9.17, 15) is 0 Å². The summed E-state index contributed by atoms with van der Waals surface area (Å²) in [5.41, 5.74) is 1.19. The third-order valence-corrected chi connectivity index (χ3v) is 3.47. The lowest BCUT2D eigenvalue weighted by atomic mass is 10.1. The zero-order chi connectivity index (χ0) is 15.3. The van der Waals surface area contributed by atoms with Crippen LogP contribution in [0.1, 0.15) is 58.1 Å². The zero-order valence-corrected chi connectivity index (χ0v) is 13.9. The molecular weight excluding hydrogens is 262 g/mol. The van der Waals surface area contributed by atoms with E-state index in [-0.39, 0.29) is 6.04 Å². The SMILES string of the molecule is CCCCCCOCC(NCC)c1ccccc1OCC. The summed E-state index contributed by atoms with van der Waals surface area (Å²) in [6.45, 7) is 9.52. The van der Waals surface area contributed by atoms with E-state index in [1.807, 2.05) is 19.1 Å². The fraction of sp³-hybridized carbons (Fsp3) is 0.667. The first-order valence-corrected chi connectivity index (χ1v) is 8.36. The van der Waals surface area contributed by atoms with Gasteiger partial charge in [0.2, 0.25) is 0 Å². The van der Waals surface area contributed by atoms with Crippen molar-refractivity contribution in [1.82, 2.24) is 5.32 Å². The number of likely N-dealkylation sites (N-methyl/N-ethyl adjacent to an activating group) is 1. The van der Waals surface area contributed by atoms with Crippen LogP contribution in [0, 0.1) is 0 Å². The van der Waals surface area contributed by atoms with E-state index >= 15 is 0 Å². The molecule has 0 aliphatic heterocycles. The molecule has 1 unspecified atom stereocenters. The molecule has 1 aromatic carbocycles. The summed E-state index contributed by atoms with van der Waals surface area (Å²) in [6, 6.07) is 8.43. The Morgan fingerprint density at radius 3 is 2.57 bits per heavy atom. The summed E-state index contributed by atoms with van der Waals surface area (Å²) >= 11 is 0. The second-order valence-electron chi connectivity index (χ2n) is 5.22. The highest BCUT2D eigenvalue weighted by Gasteiger charge is 2.15. The lowest BCUT2D eigenvalue weighted by Gasteiger charge is -2.21. The minimum Gasteiger partial charge on any atom is -0.494 e. The largest absolute Gasteiger partial charge is 0.494 e. The Hall–Kier alpha value is -1.06. The minimum atomic E-state index is 0.198. The Morgan fingerprint density at radius 1 is 1.05 bits per heavy atom. The number of para-hydroxylation sites is 1. The van der Waals surface area contributed by atoms with Gasteiger partial charge in [0.05, 0.1) is 19.3 Å². The fourth-order valence-corrected chi connectivity index (χ4v) is 2.39. The molecule has 21 heavy (non-hydrogen) atoms. The van der Waals surface area contributed by atoms with Gasteiger partial charge in [-0.15, -0.1) is 0 Å². The van der Waals surface area contributed by atoms with Crippen LogP contribution in [0.25, 0.3) is 0 Å². The van der Waals surface area contributed by atoms with Gasteiger partial charge in [-0.1, -0.05) is 51.3 Å². The minimum absolute atomic E-state index is 0.198. The number of hydrogen-bond donors (Lipinski definition) is 1. The normalized spacial score (nSPS) is 12.3. The van der Waals surface area contributed by atoms with Gasteiger partial charge in [-0.3, -0.25) is 0 Å². The van der Waals surface area contributed by atoms with E-state index in [1.165, 1.54) is 24.8 Å². The summed E-state index contributed by atoms with van der Waals surface area (Å²) in [7, 11) is 0. The topological polar surface area (TPSA) is 30.5 Å². The molecule has 0 aliphatic carbocycles. The first-order chi connectivity index (χ1) is 10.3. The van der Waals surface area contributed by atoms with Crippen molar-refractivity contribution in [1.29, 1.82) is 0 Å². The van der Waals surface area contributed by atoms with Gasteiger partial charge in [-0.05, 0) is 26.0 Å². The van der Waals surface area contributed by atoms with E-state index in [0.717, 1.165) is 25.3 Å². The predicted octanol–water partition coefficient (Wildman–Crippen LogP) is 4.33. The molecule has 1 aromatic rings. The van der Waals surface area contributed by atoms with Crippen molar-refractivity contribution in [2.75, 3.05) is 26.4 Å². The predicted molar refractivity (Wildman–Crippen MR) is 89.0 cm³/mol. The van der Waals surface area contributed by atoms with Crippen LogP contribution in [0.4, 0.5) is 0 Å². The van der Waals surface area contributed by atoms with E-state index < -0.39 is 0 Å². The van der Waals surface area contributed by atoms with Gasteiger partial charge in [-0.2, -0.15) is 0 Å². The Bertz CT molecular complexity index is 368. The summed E-state index contributed by atoms with van der Waals surface area (Å²) < 4.78 is 11.6. The number of nitrogens with one attached hydrogen (secondary N) is 1. The third-order valence-electron chi connectivity index (χ3n) is 3.47. The van der Waals surface area contributed by atoms with Crippen LogP contribution in [-0.2, 0) is 4.74 Å². The molecule has 0 saturated heterocycles. The molecule has 0 amide bonds. The molecule has 0 spiro atoms. The van der Waals surface area contributed by atoms with Crippen molar-refractivity contribution in [3.63, 3.8) is 0 Å². The van der Waals surface area contributed by atoms with Crippen molar-refractivity contribution in [2.24, 2.45) is 0 Å². The molecule has 3 nitrogen and oxygen atoms in total. The summed E-state index contributed by atoms with van der Waals surface area (Å²) in [6.07, 6.45) is 4.98. The van der Waals surface area contributed by atoms with Crippen molar-refractivity contribution in [3.05, 3.63) is 29.8 Å². The van der Waals surface area contributed by atoms with Crippen LogP contribution in [0.15, 0.2) is 24.3 Å². The molecule has 1 rings (SSSR count). The Balaban J connectivity index is 2.52. The van der Waals surface area contributed by atoms with Crippen molar-refractivity contribution in [2.45, 2.75) is 52.5 Å². The molecule has 0 saturated carbocycles. The molecular formula is C18H31NO2. The highest BCUT2D eigenvalue weighted by Crippen LogP contribution is 2.25. The highest BCUT2D eigenvalue weighted by atomic mass is 16.5. The molecule has 0 aromatic heterocycles. The molecule has 0 aliphatic rings. The maximum Gasteiger partial charge on any atom is 0.124 e. The molecule has 1 N–H and O–H groups in total. The summed E-state index contributed by atoms with van der Waals surface area (Å²) in [5, 5.41) is 3.49. The van der Waals surface area contributed by atoms with Gasteiger partial charge < -0.3 is 14.8 Å². The Kier molecular flexibility index (Phi) is 9.92. The van der Waals surface area contributed by atoms with Crippen LogP contribution in [0.5, 0.6) is 5.75 Å².